The molecule has 228 valence electrons. The molecule has 4 aliphatic carbocycles. The van der Waals surface area contributed by atoms with Gasteiger partial charge in [-0.3, -0.25) is 24.2 Å². The van der Waals surface area contributed by atoms with Crippen molar-refractivity contribution in [3.63, 3.8) is 0 Å². The van der Waals surface area contributed by atoms with Gasteiger partial charge < -0.3 is 31.1 Å². The fraction of sp³-hybridized carbons (Fsp3) is 0.552. The molecule has 5 rings (SSSR count). The van der Waals surface area contributed by atoms with Gasteiger partial charge in [0.25, 0.3) is 11.8 Å². The molecule has 13 heteroatoms. The zero-order chi connectivity index (χ0) is 31.2. The fourth-order valence-electron chi connectivity index (χ4n) is 7.21. The van der Waals surface area contributed by atoms with Crippen LogP contribution in [0.5, 0.6) is 5.75 Å². The second-order valence-corrected chi connectivity index (χ2v) is 12.4. The Morgan fingerprint density at radius 2 is 1.71 bits per heavy atom. The molecule has 4 aliphatic rings. The van der Waals surface area contributed by atoms with E-state index in [-0.39, 0.29) is 49.1 Å². The van der Waals surface area contributed by atoms with E-state index in [9.17, 15) is 43.6 Å². The first-order valence-corrected chi connectivity index (χ1v) is 13.7. The van der Waals surface area contributed by atoms with Gasteiger partial charge in [-0.15, -0.1) is 0 Å². The standard InChI is InChI=1S/C29H36F2N4O7/c1-33(2)17-8-13(11-35(5)14-9-28(30,31)10-14)22(36)19-15(17)6-12-7-16-21(34(3)4)24(38)20(27(32)41)26(40)29(16,42)25(39)18(12)23(19)37/h8,12,14,16,21,36,38-39,42H,6-7,9-11H2,1-5H3,(H2,32,41)/t12-,16-,21-,29-/m0/s1. The van der Waals surface area contributed by atoms with Crippen LogP contribution in [0.2, 0.25) is 0 Å². The quantitative estimate of drug-likeness (QED) is 0.306. The fourth-order valence-corrected chi connectivity index (χ4v) is 7.21. The lowest BCUT2D eigenvalue weighted by Crippen LogP contribution is -2.63. The normalized spacial score (nSPS) is 29.0. The first-order chi connectivity index (χ1) is 19.4. The first kappa shape index (κ1) is 29.9. The number of carbonyl (C=O) groups excluding carboxylic acids is 3. The van der Waals surface area contributed by atoms with E-state index in [1.165, 1.54) is 4.90 Å². The van der Waals surface area contributed by atoms with E-state index >= 15 is 0 Å². The van der Waals surface area contributed by atoms with Crippen LogP contribution in [-0.4, -0.2) is 107 Å². The molecule has 0 aliphatic heterocycles. The summed E-state index contributed by atoms with van der Waals surface area (Å²) >= 11 is 0. The number of hydrogen-bond donors (Lipinski definition) is 5. The summed E-state index contributed by atoms with van der Waals surface area (Å²) in [5, 5.41) is 45.5. The van der Waals surface area contributed by atoms with Gasteiger partial charge in [0.05, 0.1) is 11.6 Å². The molecule has 1 amide bonds. The monoisotopic (exact) mass is 590 g/mol. The number of Topliss-reactive ketones (excluding diaryl/α,β-unsaturated/α-hetero) is 2. The molecule has 1 aromatic rings. The third-order valence-electron chi connectivity index (χ3n) is 9.37. The second kappa shape index (κ2) is 9.75. The van der Waals surface area contributed by atoms with Crippen LogP contribution in [-0.2, 0) is 22.6 Å². The Kier molecular flexibility index (Phi) is 6.94. The first-order valence-electron chi connectivity index (χ1n) is 13.7. The van der Waals surface area contributed by atoms with Crippen LogP contribution in [0.1, 0.15) is 40.7 Å². The van der Waals surface area contributed by atoms with Crippen molar-refractivity contribution in [2.75, 3.05) is 40.1 Å². The third kappa shape index (κ3) is 4.20. The summed E-state index contributed by atoms with van der Waals surface area (Å²) in [6, 6.07) is 0.234. The Hall–Kier alpha value is -3.55. The molecular weight excluding hydrogens is 554 g/mol. The molecule has 0 saturated heterocycles. The molecule has 0 aromatic heterocycles. The van der Waals surface area contributed by atoms with E-state index in [0.717, 1.165) is 0 Å². The van der Waals surface area contributed by atoms with E-state index in [4.69, 9.17) is 5.73 Å². The molecule has 11 nitrogen and oxygen atoms in total. The highest BCUT2D eigenvalue weighted by molar-refractivity contribution is 6.25. The number of phenols is 1. The third-order valence-corrected chi connectivity index (χ3v) is 9.37. The SMILES string of the molecule is CN(C)c1cc(CN(C)C2CC(F)(F)C2)c(O)c2c1C[C@H]1C[C@H]3[C@H](N(C)C)C(O)=C(C(N)=O)C(=O)[C@@]3(O)C(O)=C1C2=O. The number of benzene rings is 1. The molecule has 1 saturated carbocycles. The van der Waals surface area contributed by atoms with Gasteiger partial charge in [0.15, 0.2) is 11.4 Å². The Balaban J connectivity index is 1.64. The minimum absolute atomic E-state index is 0.0141. The molecular formula is C29H36F2N4O7. The maximum atomic E-state index is 14.1. The maximum Gasteiger partial charge on any atom is 0.255 e. The molecule has 0 spiro atoms. The van der Waals surface area contributed by atoms with Crippen LogP contribution in [0.4, 0.5) is 14.5 Å². The smallest absolute Gasteiger partial charge is 0.255 e. The number of amides is 1. The molecule has 6 N–H and O–H groups in total. The summed E-state index contributed by atoms with van der Waals surface area (Å²) in [5.74, 6) is -9.87. The number of halogens is 2. The number of anilines is 1. The maximum absolute atomic E-state index is 14.1. The Bertz CT molecular complexity index is 1460. The Labute approximate surface area is 241 Å². The van der Waals surface area contributed by atoms with Gasteiger partial charge in [-0.1, -0.05) is 0 Å². The van der Waals surface area contributed by atoms with E-state index in [0.29, 0.717) is 16.8 Å². The van der Waals surface area contributed by atoms with Crippen LogP contribution < -0.4 is 10.6 Å². The summed E-state index contributed by atoms with van der Waals surface area (Å²) in [5.41, 5.74) is 2.85. The molecule has 1 aromatic carbocycles. The number of carbonyl (C=O) groups is 3. The zero-order valence-corrected chi connectivity index (χ0v) is 24.1. The highest BCUT2D eigenvalue weighted by Crippen LogP contribution is 2.53. The molecule has 0 bridgehead atoms. The van der Waals surface area contributed by atoms with Crippen LogP contribution in [0, 0.1) is 11.8 Å². The van der Waals surface area contributed by atoms with Gasteiger partial charge in [0.1, 0.15) is 22.8 Å². The average molecular weight is 591 g/mol. The number of nitrogens with two attached hydrogens (primary N) is 1. The Morgan fingerprint density at radius 3 is 2.24 bits per heavy atom. The highest BCUT2D eigenvalue weighted by atomic mass is 19.3. The number of aliphatic hydroxyl groups excluding tert-OH is 2. The van der Waals surface area contributed by atoms with E-state index < -0.39 is 70.0 Å². The summed E-state index contributed by atoms with van der Waals surface area (Å²) in [6.07, 6.45) is -0.480. The predicted molar refractivity (Wildman–Crippen MR) is 147 cm³/mol. The number of nitrogens with zero attached hydrogens (tertiary/aromatic N) is 3. The lowest BCUT2D eigenvalue weighted by molar-refractivity contribution is -0.148. The van der Waals surface area contributed by atoms with Crippen molar-refractivity contribution in [1.82, 2.24) is 9.80 Å². The number of aliphatic hydroxyl groups is 3. The molecule has 0 unspecified atom stereocenters. The number of ketones is 2. The van der Waals surface area contributed by atoms with Crippen molar-refractivity contribution in [2.24, 2.45) is 17.6 Å². The lowest BCUT2D eigenvalue weighted by Gasteiger charge is -2.50. The van der Waals surface area contributed by atoms with E-state index in [1.807, 2.05) is 0 Å². The second-order valence-electron chi connectivity index (χ2n) is 12.4. The Morgan fingerprint density at radius 1 is 1.10 bits per heavy atom. The predicted octanol–water partition coefficient (Wildman–Crippen LogP) is 1.42. The molecule has 4 atom stereocenters. The summed E-state index contributed by atoms with van der Waals surface area (Å²) in [4.78, 5) is 44.7. The average Bonchev–Trinajstić information content (AvgIpc) is 2.85. The van der Waals surface area contributed by atoms with Crippen molar-refractivity contribution >= 4 is 23.2 Å². The highest BCUT2D eigenvalue weighted by Gasteiger charge is 2.63. The van der Waals surface area contributed by atoms with Crippen molar-refractivity contribution in [1.29, 1.82) is 0 Å². The van der Waals surface area contributed by atoms with Crippen molar-refractivity contribution < 1.29 is 43.6 Å². The number of alkyl halides is 2. The molecule has 0 radical (unpaired) electrons. The van der Waals surface area contributed by atoms with Crippen molar-refractivity contribution in [3.8, 4) is 5.75 Å². The number of phenolic OH excluding ortho intramolecular Hbond substituents is 1. The van der Waals surface area contributed by atoms with Crippen LogP contribution >= 0.6 is 0 Å². The number of allylic oxidation sites excluding steroid dienone is 1. The van der Waals surface area contributed by atoms with E-state index in [1.54, 1.807) is 51.1 Å². The number of fused-ring (bicyclic) bond motifs is 3. The molecule has 0 heterocycles. The topological polar surface area (TPSA) is 168 Å². The van der Waals surface area contributed by atoms with E-state index in [2.05, 4.69) is 0 Å². The van der Waals surface area contributed by atoms with Crippen LogP contribution in [0.3, 0.4) is 0 Å². The summed E-state index contributed by atoms with van der Waals surface area (Å²) in [6.45, 7) is 0.0729. The number of hydrogen-bond acceptors (Lipinski definition) is 10. The summed E-state index contributed by atoms with van der Waals surface area (Å²) in [7, 11) is 8.31. The molecule has 1 fully saturated rings. The van der Waals surface area contributed by atoms with Crippen LogP contribution in [0.25, 0.3) is 0 Å². The zero-order valence-electron chi connectivity index (χ0n) is 24.1. The minimum Gasteiger partial charge on any atom is -0.510 e. The minimum atomic E-state index is -2.73. The van der Waals surface area contributed by atoms with Crippen LogP contribution in [0.15, 0.2) is 28.7 Å². The lowest BCUT2D eigenvalue weighted by atomic mass is 9.58. The molecule has 42 heavy (non-hydrogen) atoms. The number of rotatable bonds is 6. The van der Waals surface area contributed by atoms with Gasteiger partial charge in [-0.2, -0.15) is 0 Å². The largest absolute Gasteiger partial charge is 0.510 e. The van der Waals surface area contributed by atoms with Gasteiger partial charge in [0.2, 0.25) is 5.78 Å². The summed E-state index contributed by atoms with van der Waals surface area (Å²) < 4.78 is 27.0. The van der Waals surface area contributed by atoms with Crippen molar-refractivity contribution in [3.05, 3.63) is 45.4 Å². The number of aromatic hydroxyl groups is 1. The number of primary amides is 1. The van der Waals surface area contributed by atoms with Gasteiger partial charge in [-0.05, 0) is 51.5 Å². The van der Waals surface area contributed by atoms with Crippen molar-refractivity contribution in [2.45, 2.75) is 55.8 Å². The number of likely N-dealkylation sites (N-methyl/N-ethyl adjacent to an activating group) is 1. The van der Waals surface area contributed by atoms with Gasteiger partial charge in [-0.25, -0.2) is 8.78 Å². The van der Waals surface area contributed by atoms with Gasteiger partial charge >= 0.3 is 0 Å². The van der Waals surface area contributed by atoms with Gasteiger partial charge in [0, 0.05) is 62.3 Å².